The fourth-order valence-corrected chi connectivity index (χ4v) is 2.18. The van der Waals surface area contributed by atoms with E-state index in [0.717, 1.165) is 0 Å². The SMILES string of the molecule is CCC(CC)(CN)C(=O)Nc1nnc(C(F)(F)F)s1. The summed E-state index contributed by atoms with van der Waals surface area (Å²) in [6.45, 7) is 3.73. The third kappa shape index (κ3) is 3.41. The molecule has 0 aliphatic heterocycles. The average molecular weight is 296 g/mol. The maximum absolute atomic E-state index is 12.3. The highest BCUT2D eigenvalue weighted by atomic mass is 32.1. The quantitative estimate of drug-likeness (QED) is 0.873. The summed E-state index contributed by atoms with van der Waals surface area (Å²) in [5, 5.41) is 7.41. The molecule has 5 nitrogen and oxygen atoms in total. The maximum Gasteiger partial charge on any atom is 0.445 e. The van der Waals surface area contributed by atoms with E-state index in [9.17, 15) is 18.0 Å². The van der Waals surface area contributed by atoms with Crippen LogP contribution in [-0.2, 0) is 11.0 Å². The molecule has 0 aliphatic carbocycles. The fourth-order valence-electron chi connectivity index (χ4n) is 1.57. The molecule has 1 heterocycles. The van der Waals surface area contributed by atoms with E-state index in [1.54, 1.807) is 13.8 Å². The number of nitrogens with one attached hydrogen (secondary N) is 1. The number of rotatable bonds is 5. The molecule has 1 aromatic rings. The first-order valence-electron chi connectivity index (χ1n) is 5.71. The maximum atomic E-state index is 12.3. The van der Waals surface area contributed by atoms with E-state index < -0.39 is 22.5 Å². The number of alkyl halides is 3. The molecule has 0 saturated carbocycles. The molecule has 0 aromatic carbocycles. The molecule has 19 heavy (non-hydrogen) atoms. The lowest BCUT2D eigenvalue weighted by Crippen LogP contribution is -2.41. The second-order valence-corrected chi connectivity index (χ2v) is 5.03. The number of anilines is 1. The van der Waals surface area contributed by atoms with Gasteiger partial charge in [0.05, 0.1) is 5.41 Å². The Balaban J connectivity index is 2.85. The first-order valence-corrected chi connectivity index (χ1v) is 6.53. The Morgan fingerprint density at radius 2 is 1.89 bits per heavy atom. The predicted octanol–water partition coefficient (Wildman–Crippen LogP) is 2.26. The van der Waals surface area contributed by atoms with Gasteiger partial charge in [-0.15, -0.1) is 10.2 Å². The Kier molecular flexibility index (Phi) is 4.86. The number of hydrogen-bond acceptors (Lipinski definition) is 5. The highest BCUT2D eigenvalue weighted by Gasteiger charge is 2.37. The summed E-state index contributed by atoms with van der Waals surface area (Å²) < 4.78 is 37.0. The van der Waals surface area contributed by atoms with Gasteiger partial charge in [0.25, 0.3) is 0 Å². The molecule has 9 heteroatoms. The zero-order chi connectivity index (χ0) is 14.7. The second kappa shape index (κ2) is 5.83. The van der Waals surface area contributed by atoms with Crippen molar-refractivity contribution in [3.8, 4) is 0 Å². The van der Waals surface area contributed by atoms with Gasteiger partial charge >= 0.3 is 6.18 Å². The molecule has 108 valence electrons. The van der Waals surface area contributed by atoms with E-state index >= 15 is 0 Å². The third-order valence-corrected chi connectivity index (χ3v) is 4.00. The second-order valence-electron chi connectivity index (χ2n) is 4.06. The summed E-state index contributed by atoms with van der Waals surface area (Å²) in [7, 11) is 0. The van der Waals surface area contributed by atoms with Crippen LogP contribution in [-0.4, -0.2) is 22.6 Å². The zero-order valence-electron chi connectivity index (χ0n) is 10.5. The van der Waals surface area contributed by atoms with E-state index in [-0.39, 0.29) is 11.7 Å². The number of hydrogen-bond donors (Lipinski definition) is 2. The van der Waals surface area contributed by atoms with Crippen LogP contribution in [0, 0.1) is 5.41 Å². The van der Waals surface area contributed by atoms with Crippen molar-refractivity contribution < 1.29 is 18.0 Å². The van der Waals surface area contributed by atoms with Crippen molar-refractivity contribution in [1.29, 1.82) is 0 Å². The molecule has 0 saturated heterocycles. The van der Waals surface area contributed by atoms with Crippen molar-refractivity contribution in [2.75, 3.05) is 11.9 Å². The first kappa shape index (κ1) is 15.8. The van der Waals surface area contributed by atoms with E-state index in [1.165, 1.54) is 0 Å². The molecule has 3 N–H and O–H groups in total. The minimum atomic E-state index is -4.55. The Hall–Kier alpha value is -1.22. The molecule has 0 radical (unpaired) electrons. The number of aromatic nitrogens is 2. The lowest BCUT2D eigenvalue weighted by molar-refractivity contribution is -0.138. The van der Waals surface area contributed by atoms with Gasteiger partial charge < -0.3 is 5.73 Å². The average Bonchev–Trinajstić information content (AvgIpc) is 2.80. The predicted molar refractivity (Wildman–Crippen MR) is 65.6 cm³/mol. The van der Waals surface area contributed by atoms with E-state index in [4.69, 9.17) is 5.73 Å². The van der Waals surface area contributed by atoms with Crippen LogP contribution in [0.5, 0.6) is 0 Å². The fraction of sp³-hybridized carbons (Fsp3) is 0.700. The van der Waals surface area contributed by atoms with E-state index in [1.807, 2.05) is 0 Å². The van der Waals surface area contributed by atoms with Crippen molar-refractivity contribution in [3.63, 3.8) is 0 Å². The Labute approximate surface area is 112 Å². The van der Waals surface area contributed by atoms with Crippen LogP contribution in [0.1, 0.15) is 31.7 Å². The van der Waals surface area contributed by atoms with Crippen molar-refractivity contribution in [2.24, 2.45) is 11.1 Å². The van der Waals surface area contributed by atoms with Gasteiger partial charge in [-0.3, -0.25) is 10.1 Å². The van der Waals surface area contributed by atoms with Crippen molar-refractivity contribution >= 4 is 22.4 Å². The molecule has 1 amide bonds. The molecule has 0 fully saturated rings. The van der Waals surface area contributed by atoms with E-state index in [2.05, 4.69) is 15.5 Å². The standard InChI is InChI=1S/C10H15F3N4OS/c1-3-9(4-2,5-14)6(18)15-8-17-16-7(19-8)10(11,12)13/h3-5,14H2,1-2H3,(H,15,17,18). The Morgan fingerprint density at radius 3 is 2.26 bits per heavy atom. The summed E-state index contributed by atoms with van der Waals surface area (Å²) in [4.78, 5) is 12.1. The molecule has 0 aliphatic rings. The molecule has 0 atom stereocenters. The van der Waals surface area contributed by atoms with Crippen molar-refractivity contribution in [1.82, 2.24) is 10.2 Å². The normalized spacial score (nSPS) is 12.5. The lowest BCUT2D eigenvalue weighted by atomic mass is 9.81. The molecular weight excluding hydrogens is 281 g/mol. The number of carbonyl (C=O) groups is 1. The lowest BCUT2D eigenvalue weighted by Gasteiger charge is -2.27. The summed E-state index contributed by atoms with van der Waals surface area (Å²) in [5.74, 6) is -0.426. The molecule has 0 spiro atoms. The summed E-state index contributed by atoms with van der Waals surface area (Å²) in [6.07, 6.45) is -3.56. The number of nitrogens with zero attached hydrogens (tertiary/aromatic N) is 2. The number of carbonyl (C=O) groups excluding carboxylic acids is 1. The van der Waals surface area contributed by atoms with Gasteiger partial charge in [-0.05, 0) is 12.8 Å². The largest absolute Gasteiger partial charge is 0.445 e. The summed E-state index contributed by atoms with van der Waals surface area (Å²) in [5.41, 5.74) is 4.80. The summed E-state index contributed by atoms with van der Waals surface area (Å²) in [6, 6.07) is 0. The smallest absolute Gasteiger partial charge is 0.329 e. The molecule has 0 unspecified atom stereocenters. The van der Waals surface area contributed by atoms with Crippen LogP contribution in [0.15, 0.2) is 0 Å². The highest BCUT2D eigenvalue weighted by Crippen LogP contribution is 2.34. The van der Waals surface area contributed by atoms with Crippen LogP contribution in [0.25, 0.3) is 0 Å². The summed E-state index contributed by atoms with van der Waals surface area (Å²) >= 11 is 0.296. The Morgan fingerprint density at radius 1 is 1.32 bits per heavy atom. The van der Waals surface area contributed by atoms with Gasteiger partial charge in [0, 0.05) is 6.54 Å². The van der Waals surface area contributed by atoms with Crippen LogP contribution in [0.2, 0.25) is 0 Å². The first-order chi connectivity index (χ1) is 8.79. The monoisotopic (exact) mass is 296 g/mol. The number of halogens is 3. The third-order valence-electron chi connectivity index (χ3n) is 3.11. The van der Waals surface area contributed by atoms with Gasteiger partial charge in [-0.1, -0.05) is 25.2 Å². The minimum absolute atomic E-state index is 0.122. The van der Waals surface area contributed by atoms with Crippen LogP contribution in [0.3, 0.4) is 0 Å². The zero-order valence-corrected chi connectivity index (χ0v) is 11.4. The molecule has 0 bridgehead atoms. The minimum Gasteiger partial charge on any atom is -0.329 e. The Bertz CT molecular complexity index is 434. The van der Waals surface area contributed by atoms with Gasteiger partial charge in [-0.2, -0.15) is 13.2 Å². The van der Waals surface area contributed by atoms with Gasteiger partial charge in [0.1, 0.15) is 0 Å². The number of nitrogens with two attached hydrogens (primary N) is 1. The highest BCUT2D eigenvalue weighted by molar-refractivity contribution is 7.15. The van der Waals surface area contributed by atoms with Gasteiger partial charge in [-0.25, -0.2) is 0 Å². The molecule has 1 aromatic heterocycles. The topological polar surface area (TPSA) is 80.9 Å². The molecule has 1 rings (SSSR count). The van der Waals surface area contributed by atoms with Crippen LogP contribution in [0.4, 0.5) is 18.3 Å². The van der Waals surface area contributed by atoms with Gasteiger partial charge in [0.15, 0.2) is 0 Å². The van der Waals surface area contributed by atoms with E-state index in [0.29, 0.717) is 24.2 Å². The van der Waals surface area contributed by atoms with Gasteiger partial charge in [0.2, 0.25) is 16.0 Å². The van der Waals surface area contributed by atoms with Crippen LogP contribution < -0.4 is 11.1 Å². The molecular formula is C10H15F3N4OS. The number of amides is 1. The van der Waals surface area contributed by atoms with Crippen LogP contribution >= 0.6 is 11.3 Å². The van der Waals surface area contributed by atoms with Crippen molar-refractivity contribution in [3.05, 3.63) is 5.01 Å². The van der Waals surface area contributed by atoms with Crippen molar-refractivity contribution in [2.45, 2.75) is 32.9 Å².